The maximum Gasteiger partial charge on any atom is 0.262 e. The number of hydrogen-bond donors (Lipinski definition) is 0. The molecule has 2 aromatic rings. The molecular weight excluding hydrogens is 308 g/mol. The first-order valence-corrected chi connectivity index (χ1v) is 8.50. The summed E-state index contributed by atoms with van der Waals surface area (Å²) in [4.78, 5) is 17.3. The molecule has 1 saturated heterocycles. The molecule has 0 aliphatic carbocycles. The molecule has 0 unspecified atom stereocenters. The van der Waals surface area contributed by atoms with Crippen LogP contribution in [-0.4, -0.2) is 28.0 Å². The highest BCUT2D eigenvalue weighted by molar-refractivity contribution is 7.99. The Bertz CT molecular complexity index is 711. The van der Waals surface area contributed by atoms with Gasteiger partial charge in [-0.1, -0.05) is 30.3 Å². The summed E-state index contributed by atoms with van der Waals surface area (Å²) in [7, 11) is 0. The quantitative estimate of drug-likeness (QED) is 0.639. The number of rotatable bonds is 4. The van der Waals surface area contributed by atoms with Crippen molar-refractivity contribution in [3.63, 3.8) is 0 Å². The highest BCUT2D eigenvalue weighted by Crippen LogP contribution is 2.22. The maximum atomic E-state index is 12.7. The van der Waals surface area contributed by atoms with Gasteiger partial charge in [-0.05, 0) is 36.8 Å². The van der Waals surface area contributed by atoms with Crippen molar-refractivity contribution in [2.75, 3.05) is 12.4 Å². The lowest BCUT2D eigenvalue weighted by Crippen LogP contribution is -2.28. The molecule has 1 fully saturated rings. The second-order valence-electron chi connectivity index (χ2n) is 5.04. The Morgan fingerprint density at radius 3 is 3.10 bits per heavy atom. The van der Waals surface area contributed by atoms with E-state index in [1.54, 1.807) is 34.5 Å². The molecule has 0 amide bonds. The minimum absolute atomic E-state index is 0.0110. The number of ether oxygens (including phenoxy) is 1. The third kappa shape index (κ3) is 3.10. The van der Waals surface area contributed by atoms with Gasteiger partial charge >= 0.3 is 0 Å². The average molecular weight is 325 g/mol. The molecule has 0 N–H and O–H groups in total. The molecule has 1 aliphatic heterocycles. The molecule has 1 atom stereocenters. The summed E-state index contributed by atoms with van der Waals surface area (Å²) in [5, 5.41) is 1.95. The standard InChI is InChI=1S/C15H17ClN2O2S/c1-2-21-15-17-13-8-10(16)5-6-12(13)14(19)18(15)9-11-4-3-7-20-11/h5-6,8,11H,2-4,7,9H2,1H3/t11-/m1/s1. The summed E-state index contributed by atoms with van der Waals surface area (Å²) in [5.41, 5.74) is 0.648. The Kier molecular flexibility index (Phi) is 4.52. The minimum Gasteiger partial charge on any atom is -0.376 e. The molecule has 0 radical (unpaired) electrons. The number of fused-ring (bicyclic) bond motifs is 1. The van der Waals surface area contributed by atoms with Crippen LogP contribution in [0.3, 0.4) is 0 Å². The fourth-order valence-electron chi connectivity index (χ4n) is 2.57. The van der Waals surface area contributed by atoms with E-state index in [1.807, 2.05) is 0 Å². The Morgan fingerprint density at radius 1 is 1.52 bits per heavy atom. The Labute approximate surface area is 132 Å². The number of nitrogens with zero attached hydrogens (tertiary/aromatic N) is 2. The number of hydrogen-bond acceptors (Lipinski definition) is 4. The van der Waals surface area contributed by atoms with E-state index in [9.17, 15) is 4.79 Å². The van der Waals surface area contributed by atoms with Crippen molar-refractivity contribution in [1.82, 2.24) is 9.55 Å². The summed E-state index contributed by atoms with van der Waals surface area (Å²) >= 11 is 7.58. The Hall–Kier alpha value is -1.04. The molecule has 6 heteroatoms. The molecule has 4 nitrogen and oxygen atoms in total. The van der Waals surface area contributed by atoms with E-state index in [-0.39, 0.29) is 11.7 Å². The van der Waals surface area contributed by atoms with E-state index in [0.717, 1.165) is 30.4 Å². The average Bonchev–Trinajstić information content (AvgIpc) is 2.96. The first kappa shape index (κ1) is 14.9. The van der Waals surface area contributed by atoms with Crippen LogP contribution < -0.4 is 5.56 Å². The SMILES string of the molecule is CCSc1nc2cc(Cl)ccc2c(=O)n1C[C@H]1CCCO1. The van der Waals surface area contributed by atoms with Crippen molar-refractivity contribution >= 4 is 34.3 Å². The molecule has 0 spiro atoms. The van der Waals surface area contributed by atoms with Crippen molar-refractivity contribution in [2.45, 2.75) is 37.6 Å². The molecule has 0 saturated carbocycles. The maximum absolute atomic E-state index is 12.7. The summed E-state index contributed by atoms with van der Waals surface area (Å²) < 4.78 is 7.41. The zero-order chi connectivity index (χ0) is 14.8. The van der Waals surface area contributed by atoms with Gasteiger partial charge in [0.2, 0.25) is 0 Å². The van der Waals surface area contributed by atoms with Gasteiger partial charge in [0.15, 0.2) is 5.16 Å². The van der Waals surface area contributed by atoms with Gasteiger partial charge in [-0.3, -0.25) is 9.36 Å². The van der Waals surface area contributed by atoms with E-state index < -0.39 is 0 Å². The van der Waals surface area contributed by atoms with E-state index in [0.29, 0.717) is 22.5 Å². The lowest BCUT2D eigenvalue weighted by molar-refractivity contribution is 0.0937. The number of halogens is 1. The van der Waals surface area contributed by atoms with Gasteiger partial charge in [0.25, 0.3) is 5.56 Å². The predicted molar refractivity (Wildman–Crippen MR) is 86.4 cm³/mol. The monoisotopic (exact) mass is 324 g/mol. The van der Waals surface area contributed by atoms with Gasteiger partial charge in [0.05, 0.1) is 23.6 Å². The number of benzene rings is 1. The van der Waals surface area contributed by atoms with Gasteiger partial charge in [-0.25, -0.2) is 4.98 Å². The zero-order valence-electron chi connectivity index (χ0n) is 11.8. The van der Waals surface area contributed by atoms with Crippen LogP contribution in [0, 0.1) is 0 Å². The summed E-state index contributed by atoms with van der Waals surface area (Å²) in [6, 6.07) is 5.23. The molecule has 1 aliphatic rings. The first-order chi connectivity index (χ1) is 10.2. The van der Waals surface area contributed by atoms with Crippen LogP contribution in [0.1, 0.15) is 19.8 Å². The van der Waals surface area contributed by atoms with Crippen molar-refractivity contribution < 1.29 is 4.74 Å². The van der Waals surface area contributed by atoms with Crippen LogP contribution in [-0.2, 0) is 11.3 Å². The van der Waals surface area contributed by atoms with Crippen molar-refractivity contribution in [1.29, 1.82) is 0 Å². The molecule has 1 aromatic carbocycles. The van der Waals surface area contributed by atoms with Crippen LogP contribution in [0.2, 0.25) is 5.02 Å². The van der Waals surface area contributed by atoms with Crippen LogP contribution >= 0.6 is 23.4 Å². The molecule has 112 valence electrons. The smallest absolute Gasteiger partial charge is 0.262 e. The van der Waals surface area contributed by atoms with Crippen molar-refractivity contribution in [3.8, 4) is 0 Å². The topological polar surface area (TPSA) is 44.1 Å². The number of aromatic nitrogens is 2. The molecule has 1 aromatic heterocycles. The highest BCUT2D eigenvalue weighted by Gasteiger charge is 2.20. The normalized spacial score (nSPS) is 18.5. The van der Waals surface area contributed by atoms with Crippen LogP contribution in [0.4, 0.5) is 0 Å². The van der Waals surface area contributed by atoms with Crippen molar-refractivity contribution in [3.05, 3.63) is 33.6 Å². The van der Waals surface area contributed by atoms with Crippen molar-refractivity contribution in [2.24, 2.45) is 0 Å². The summed E-state index contributed by atoms with van der Waals surface area (Å²) in [5.74, 6) is 0.865. The van der Waals surface area contributed by atoms with Gasteiger partial charge in [-0.2, -0.15) is 0 Å². The number of thioether (sulfide) groups is 1. The third-order valence-corrected chi connectivity index (χ3v) is 4.66. The zero-order valence-corrected chi connectivity index (χ0v) is 13.4. The molecule has 21 heavy (non-hydrogen) atoms. The largest absolute Gasteiger partial charge is 0.376 e. The van der Waals surface area contributed by atoms with E-state index in [1.165, 1.54) is 0 Å². The Morgan fingerprint density at radius 2 is 2.38 bits per heavy atom. The van der Waals surface area contributed by atoms with E-state index in [2.05, 4.69) is 11.9 Å². The highest BCUT2D eigenvalue weighted by atomic mass is 35.5. The fourth-order valence-corrected chi connectivity index (χ4v) is 3.47. The van der Waals surface area contributed by atoms with E-state index >= 15 is 0 Å². The van der Waals surface area contributed by atoms with Gasteiger partial charge < -0.3 is 4.74 Å². The fraction of sp³-hybridized carbons (Fsp3) is 0.467. The molecular formula is C15H17ClN2O2S. The van der Waals surface area contributed by atoms with Crippen LogP contribution in [0.25, 0.3) is 10.9 Å². The van der Waals surface area contributed by atoms with Gasteiger partial charge in [0.1, 0.15) is 0 Å². The second-order valence-corrected chi connectivity index (χ2v) is 6.71. The first-order valence-electron chi connectivity index (χ1n) is 7.13. The molecule has 2 heterocycles. The molecule has 3 rings (SSSR count). The lowest BCUT2D eigenvalue weighted by Gasteiger charge is -2.16. The lowest BCUT2D eigenvalue weighted by atomic mass is 10.2. The third-order valence-electron chi connectivity index (χ3n) is 3.57. The molecule has 0 bridgehead atoms. The van der Waals surface area contributed by atoms with Gasteiger partial charge in [0, 0.05) is 11.6 Å². The van der Waals surface area contributed by atoms with E-state index in [4.69, 9.17) is 16.3 Å². The van der Waals surface area contributed by atoms with Crippen LogP contribution in [0.15, 0.2) is 28.2 Å². The van der Waals surface area contributed by atoms with Gasteiger partial charge in [-0.15, -0.1) is 0 Å². The predicted octanol–water partition coefficient (Wildman–Crippen LogP) is 3.34. The Balaban J connectivity index is 2.10. The summed E-state index contributed by atoms with van der Waals surface area (Å²) in [6.07, 6.45) is 2.18. The second kappa shape index (κ2) is 6.38. The summed E-state index contributed by atoms with van der Waals surface area (Å²) in [6.45, 7) is 3.41. The van der Waals surface area contributed by atoms with Crippen LogP contribution in [0.5, 0.6) is 0 Å². The minimum atomic E-state index is -0.0110.